The Morgan fingerprint density at radius 3 is 2.57 bits per heavy atom. The van der Waals surface area contributed by atoms with Crippen LogP contribution in [0.5, 0.6) is 11.5 Å². The van der Waals surface area contributed by atoms with E-state index < -0.39 is 0 Å². The molecule has 1 aromatic heterocycles. The monoisotopic (exact) mass is 478 g/mol. The van der Waals surface area contributed by atoms with Gasteiger partial charge >= 0.3 is 0 Å². The topological polar surface area (TPSA) is 89.7 Å². The molecule has 1 amide bonds. The summed E-state index contributed by atoms with van der Waals surface area (Å²) < 4.78 is 16.1. The summed E-state index contributed by atoms with van der Waals surface area (Å²) in [4.78, 5) is 19.6. The van der Waals surface area contributed by atoms with Gasteiger partial charge in [-0.2, -0.15) is 4.98 Å². The normalized spacial score (nSPS) is 15.5. The molecule has 4 rings (SSSR count). The molecule has 1 N–H and O–H groups in total. The Morgan fingerprint density at radius 1 is 1.11 bits per heavy atom. The predicted molar refractivity (Wildman–Crippen MR) is 133 cm³/mol. The number of aryl methyl sites for hydroxylation is 1. The second-order valence-electron chi connectivity index (χ2n) is 9.07. The van der Waals surface area contributed by atoms with E-state index in [1.54, 1.807) is 14.2 Å². The van der Waals surface area contributed by atoms with Crippen molar-refractivity contribution in [3.8, 4) is 22.9 Å². The fourth-order valence-corrected chi connectivity index (χ4v) is 4.42. The van der Waals surface area contributed by atoms with Gasteiger partial charge in [-0.15, -0.1) is 0 Å². The molecule has 0 bridgehead atoms. The minimum Gasteiger partial charge on any atom is -0.493 e. The van der Waals surface area contributed by atoms with Gasteiger partial charge in [-0.05, 0) is 69.5 Å². The summed E-state index contributed by atoms with van der Waals surface area (Å²) in [5.41, 5.74) is 2.10. The van der Waals surface area contributed by atoms with E-state index in [2.05, 4.69) is 51.5 Å². The standard InChI is InChI=1S/C27H34N4O4/c1-19(9-10-20-7-5-4-6-8-20)28-27(32)21-13-15-31(16-14-21)18-25-29-26(30-35-25)22-11-12-23(33-2)24(17-22)34-3/h4-8,11-12,17,19,21H,9-10,13-16,18H2,1-3H3,(H,28,32)/t19-/m1/s1. The molecule has 35 heavy (non-hydrogen) atoms. The second kappa shape index (κ2) is 11.8. The van der Waals surface area contributed by atoms with Gasteiger partial charge in [-0.25, -0.2) is 0 Å². The minimum atomic E-state index is 0.0513. The van der Waals surface area contributed by atoms with Gasteiger partial charge in [0, 0.05) is 17.5 Å². The second-order valence-corrected chi connectivity index (χ2v) is 9.07. The Hall–Kier alpha value is -3.39. The van der Waals surface area contributed by atoms with Crippen LogP contribution in [0.1, 0.15) is 37.6 Å². The third kappa shape index (κ3) is 6.60. The van der Waals surface area contributed by atoms with Crippen molar-refractivity contribution in [1.29, 1.82) is 0 Å². The lowest BCUT2D eigenvalue weighted by Crippen LogP contribution is -2.43. The molecular formula is C27H34N4O4. The molecule has 1 aliphatic rings. The maximum atomic E-state index is 12.8. The zero-order valence-electron chi connectivity index (χ0n) is 20.7. The summed E-state index contributed by atoms with van der Waals surface area (Å²) in [5.74, 6) is 2.56. The molecule has 1 saturated heterocycles. The van der Waals surface area contributed by atoms with Crippen molar-refractivity contribution in [2.24, 2.45) is 5.92 Å². The van der Waals surface area contributed by atoms with E-state index in [4.69, 9.17) is 14.0 Å². The number of carbonyl (C=O) groups excluding carboxylic acids is 1. The lowest BCUT2D eigenvalue weighted by Gasteiger charge is -2.30. The number of hydrogen-bond donors (Lipinski definition) is 1. The van der Waals surface area contributed by atoms with Crippen LogP contribution in [0.15, 0.2) is 53.1 Å². The first kappa shape index (κ1) is 24.7. The van der Waals surface area contributed by atoms with Crippen molar-refractivity contribution in [3.05, 3.63) is 60.0 Å². The van der Waals surface area contributed by atoms with Crippen molar-refractivity contribution < 1.29 is 18.8 Å². The summed E-state index contributed by atoms with van der Waals surface area (Å²) in [6.45, 7) is 4.30. The maximum Gasteiger partial charge on any atom is 0.241 e. The molecule has 0 radical (unpaired) electrons. The number of hydrogen-bond acceptors (Lipinski definition) is 7. The number of methoxy groups -OCH3 is 2. The molecule has 2 aromatic carbocycles. The van der Waals surface area contributed by atoms with Gasteiger partial charge in [-0.3, -0.25) is 9.69 Å². The van der Waals surface area contributed by atoms with Crippen molar-refractivity contribution >= 4 is 5.91 Å². The van der Waals surface area contributed by atoms with Crippen molar-refractivity contribution in [1.82, 2.24) is 20.4 Å². The first-order chi connectivity index (χ1) is 17.1. The molecular weight excluding hydrogens is 444 g/mol. The van der Waals surface area contributed by atoms with Crippen LogP contribution < -0.4 is 14.8 Å². The maximum absolute atomic E-state index is 12.8. The average Bonchev–Trinajstić information content (AvgIpc) is 3.36. The summed E-state index contributed by atoms with van der Waals surface area (Å²) >= 11 is 0. The lowest BCUT2D eigenvalue weighted by molar-refractivity contribution is -0.127. The molecule has 0 unspecified atom stereocenters. The van der Waals surface area contributed by atoms with Crippen LogP contribution in [0.25, 0.3) is 11.4 Å². The molecule has 1 aliphatic heterocycles. The molecule has 3 aromatic rings. The van der Waals surface area contributed by atoms with Gasteiger partial charge in [0.1, 0.15) is 0 Å². The van der Waals surface area contributed by atoms with Crippen LogP contribution in [-0.4, -0.2) is 54.3 Å². The van der Waals surface area contributed by atoms with Crippen LogP contribution >= 0.6 is 0 Å². The fraction of sp³-hybridized carbons (Fsp3) is 0.444. The molecule has 8 nitrogen and oxygen atoms in total. The largest absolute Gasteiger partial charge is 0.493 e. The molecule has 8 heteroatoms. The molecule has 186 valence electrons. The summed E-state index contributed by atoms with van der Waals surface area (Å²) in [6.07, 6.45) is 3.56. The van der Waals surface area contributed by atoms with Crippen molar-refractivity contribution in [2.75, 3.05) is 27.3 Å². The molecule has 1 fully saturated rings. The van der Waals surface area contributed by atoms with E-state index >= 15 is 0 Å². The third-order valence-corrected chi connectivity index (χ3v) is 6.52. The Bertz CT molecular complexity index is 1090. The number of aromatic nitrogens is 2. The van der Waals surface area contributed by atoms with E-state index in [0.29, 0.717) is 29.8 Å². The van der Waals surface area contributed by atoms with Crippen LogP contribution in [0, 0.1) is 5.92 Å². The number of ether oxygens (including phenoxy) is 2. The summed E-state index contributed by atoms with van der Waals surface area (Å²) in [7, 11) is 3.20. The van der Waals surface area contributed by atoms with E-state index in [1.807, 2.05) is 24.3 Å². The Kier molecular flexibility index (Phi) is 8.36. The summed E-state index contributed by atoms with van der Waals surface area (Å²) in [5, 5.41) is 7.33. The van der Waals surface area contributed by atoms with Crippen molar-refractivity contribution in [2.45, 2.75) is 45.2 Å². The fourth-order valence-electron chi connectivity index (χ4n) is 4.42. The predicted octanol–water partition coefficient (Wildman–Crippen LogP) is 4.10. The van der Waals surface area contributed by atoms with Gasteiger partial charge in [0.05, 0.1) is 20.8 Å². The van der Waals surface area contributed by atoms with Gasteiger partial charge in [0.2, 0.25) is 17.6 Å². The molecule has 2 heterocycles. The Morgan fingerprint density at radius 2 is 1.86 bits per heavy atom. The van der Waals surface area contributed by atoms with Gasteiger partial charge < -0.3 is 19.3 Å². The first-order valence-electron chi connectivity index (χ1n) is 12.2. The molecule has 0 spiro atoms. The van der Waals surface area contributed by atoms with Crippen LogP contribution in [0.4, 0.5) is 0 Å². The smallest absolute Gasteiger partial charge is 0.241 e. The van der Waals surface area contributed by atoms with Crippen molar-refractivity contribution in [3.63, 3.8) is 0 Å². The number of rotatable bonds is 10. The van der Waals surface area contributed by atoms with Crippen LogP contribution in [0.3, 0.4) is 0 Å². The minimum absolute atomic E-state index is 0.0513. The first-order valence-corrected chi connectivity index (χ1v) is 12.2. The Balaban J connectivity index is 1.23. The van der Waals surface area contributed by atoms with Gasteiger partial charge in [0.25, 0.3) is 0 Å². The zero-order chi connectivity index (χ0) is 24.6. The highest BCUT2D eigenvalue weighted by Gasteiger charge is 2.26. The molecule has 1 atom stereocenters. The number of nitrogens with zero attached hydrogens (tertiary/aromatic N) is 3. The van der Waals surface area contributed by atoms with E-state index in [-0.39, 0.29) is 17.9 Å². The highest BCUT2D eigenvalue weighted by molar-refractivity contribution is 5.79. The third-order valence-electron chi connectivity index (χ3n) is 6.52. The van der Waals surface area contributed by atoms with Crippen LogP contribution in [0.2, 0.25) is 0 Å². The number of likely N-dealkylation sites (tertiary alicyclic amines) is 1. The zero-order valence-corrected chi connectivity index (χ0v) is 20.7. The van der Waals surface area contributed by atoms with E-state index in [0.717, 1.165) is 44.3 Å². The number of carbonyl (C=O) groups is 1. The Labute approximate surface area is 206 Å². The number of piperidine rings is 1. The highest BCUT2D eigenvalue weighted by Crippen LogP contribution is 2.31. The highest BCUT2D eigenvalue weighted by atomic mass is 16.5. The number of benzene rings is 2. The van der Waals surface area contributed by atoms with Crippen LogP contribution in [-0.2, 0) is 17.8 Å². The van der Waals surface area contributed by atoms with E-state index in [9.17, 15) is 4.79 Å². The SMILES string of the molecule is COc1ccc(-c2noc(CN3CCC(C(=O)N[C@H](C)CCc4ccccc4)CC3)n2)cc1OC. The quantitative estimate of drug-likeness (QED) is 0.469. The molecule has 0 saturated carbocycles. The van der Waals surface area contributed by atoms with E-state index in [1.165, 1.54) is 5.56 Å². The molecule has 0 aliphatic carbocycles. The number of nitrogens with one attached hydrogen (secondary N) is 1. The average molecular weight is 479 g/mol. The number of amides is 1. The lowest BCUT2D eigenvalue weighted by atomic mass is 9.95. The van der Waals surface area contributed by atoms with Gasteiger partial charge in [-0.1, -0.05) is 35.5 Å². The summed E-state index contributed by atoms with van der Waals surface area (Å²) in [6, 6.07) is 16.1. The van der Waals surface area contributed by atoms with Gasteiger partial charge in [0.15, 0.2) is 11.5 Å².